The van der Waals surface area contributed by atoms with Crippen LogP contribution in [-0.2, 0) is 11.3 Å². The fourth-order valence-corrected chi connectivity index (χ4v) is 2.89. The number of nitrogens with zero attached hydrogens (tertiary/aromatic N) is 2. The predicted molar refractivity (Wildman–Crippen MR) is 98.6 cm³/mol. The summed E-state index contributed by atoms with van der Waals surface area (Å²) in [5.41, 5.74) is 5.70. The van der Waals surface area contributed by atoms with Crippen molar-refractivity contribution in [3.63, 3.8) is 0 Å². The third-order valence-corrected chi connectivity index (χ3v) is 4.16. The maximum atomic E-state index is 12.4. The number of carbonyl (C=O) groups is 1. The Morgan fingerprint density at radius 3 is 2.60 bits per heavy atom. The Morgan fingerprint density at radius 1 is 1.12 bits per heavy atom. The highest BCUT2D eigenvalue weighted by Crippen LogP contribution is 2.29. The summed E-state index contributed by atoms with van der Waals surface area (Å²) >= 11 is 0. The van der Waals surface area contributed by atoms with Crippen LogP contribution < -0.4 is 0 Å². The predicted octanol–water partition coefficient (Wildman–Crippen LogP) is 4.39. The Kier molecular flexibility index (Phi) is 4.98. The molecule has 0 saturated heterocycles. The van der Waals surface area contributed by atoms with Crippen LogP contribution in [0.3, 0.4) is 0 Å². The second kappa shape index (κ2) is 7.34. The van der Waals surface area contributed by atoms with Gasteiger partial charge in [-0.15, -0.1) is 0 Å². The lowest BCUT2D eigenvalue weighted by Crippen LogP contribution is -2.09. The largest absolute Gasteiger partial charge is 0.462 e. The molecule has 3 aromatic rings. The van der Waals surface area contributed by atoms with Gasteiger partial charge in [-0.25, -0.2) is 4.79 Å². The highest BCUT2D eigenvalue weighted by atomic mass is 16.5. The SMILES string of the molecule is CCOC(=O)c1cnn(Cc2ccccc2)c1-c1cc(C)ccc1C. The third-order valence-electron chi connectivity index (χ3n) is 4.16. The van der Waals surface area contributed by atoms with Crippen LogP contribution in [0.1, 0.15) is 34.0 Å². The fraction of sp³-hybridized carbons (Fsp3) is 0.238. The first kappa shape index (κ1) is 17.0. The van der Waals surface area contributed by atoms with Crippen molar-refractivity contribution in [1.82, 2.24) is 9.78 Å². The molecule has 0 amide bonds. The van der Waals surface area contributed by atoms with E-state index >= 15 is 0 Å². The highest BCUT2D eigenvalue weighted by Gasteiger charge is 2.21. The molecule has 0 fully saturated rings. The topological polar surface area (TPSA) is 44.1 Å². The van der Waals surface area contributed by atoms with E-state index in [1.807, 2.05) is 43.7 Å². The van der Waals surface area contributed by atoms with Crippen LogP contribution in [0.2, 0.25) is 0 Å². The molecule has 0 aliphatic carbocycles. The Labute approximate surface area is 148 Å². The van der Waals surface area contributed by atoms with E-state index in [0.29, 0.717) is 18.7 Å². The Morgan fingerprint density at radius 2 is 1.88 bits per heavy atom. The van der Waals surface area contributed by atoms with Crippen LogP contribution in [0.5, 0.6) is 0 Å². The summed E-state index contributed by atoms with van der Waals surface area (Å²) in [6.07, 6.45) is 1.61. The molecule has 0 aliphatic rings. The molecule has 1 aromatic heterocycles. The van der Waals surface area contributed by atoms with E-state index in [2.05, 4.69) is 35.4 Å². The average Bonchev–Trinajstić information content (AvgIpc) is 3.01. The Bertz CT molecular complexity index is 882. The van der Waals surface area contributed by atoms with Crippen LogP contribution in [0, 0.1) is 13.8 Å². The van der Waals surface area contributed by atoms with Gasteiger partial charge in [-0.1, -0.05) is 48.0 Å². The average molecular weight is 334 g/mol. The lowest BCUT2D eigenvalue weighted by Gasteiger charge is -2.13. The van der Waals surface area contributed by atoms with Crippen LogP contribution >= 0.6 is 0 Å². The van der Waals surface area contributed by atoms with Crippen molar-refractivity contribution in [2.24, 2.45) is 0 Å². The maximum absolute atomic E-state index is 12.4. The fourth-order valence-electron chi connectivity index (χ4n) is 2.89. The van der Waals surface area contributed by atoms with E-state index in [1.54, 1.807) is 6.20 Å². The number of hydrogen-bond donors (Lipinski definition) is 0. The van der Waals surface area contributed by atoms with Crippen molar-refractivity contribution in [3.05, 3.63) is 77.0 Å². The molecule has 0 bridgehead atoms. The van der Waals surface area contributed by atoms with Crippen LogP contribution in [0.25, 0.3) is 11.3 Å². The summed E-state index contributed by atoms with van der Waals surface area (Å²) in [6, 6.07) is 16.3. The molecule has 2 aromatic carbocycles. The van der Waals surface area contributed by atoms with Gasteiger partial charge in [0, 0.05) is 5.56 Å². The second-order valence-electron chi connectivity index (χ2n) is 6.09. The maximum Gasteiger partial charge on any atom is 0.341 e. The van der Waals surface area contributed by atoms with Crippen molar-refractivity contribution in [1.29, 1.82) is 0 Å². The van der Waals surface area contributed by atoms with Gasteiger partial charge in [0.15, 0.2) is 0 Å². The van der Waals surface area contributed by atoms with Gasteiger partial charge in [-0.05, 0) is 38.0 Å². The number of rotatable bonds is 5. The third kappa shape index (κ3) is 3.63. The number of ether oxygens (including phenoxy) is 1. The minimum absolute atomic E-state index is 0.335. The van der Waals surface area contributed by atoms with E-state index < -0.39 is 0 Å². The number of aryl methyl sites for hydroxylation is 2. The summed E-state index contributed by atoms with van der Waals surface area (Å²) in [7, 11) is 0. The van der Waals surface area contributed by atoms with E-state index in [0.717, 1.165) is 27.9 Å². The van der Waals surface area contributed by atoms with Gasteiger partial charge in [-0.3, -0.25) is 4.68 Å². The molecule has 1 heterocycles. The monoisotopic (exact) mass is 334 g/mol. The molecular weight excluding hydrogens is 312 g/mol. The van der Waals surface area contributed by atoms with Crippen molar-refractivity contribution in [2.75, 3.05) is 6.61 Å². The normalized spacial score (nSPS) is 10.7. The summed E-state index contributed by atoms with van der Waals surface area (Å²) in [4.78, 5) is 12.4. The zero-order valence-corrected chi connectivity index (χ0v) is 14.8. The van der Waals surface area contributed by atoms with E-state index in [4.69, 9.17) is 4.74 Å². The van der Waals surface area contributed by atoms with Crippen molar-refractivity contribution in [2.45, 2.75) is 27.3 Å². The standard InChI is InChI=1S/C21H22N2O2/c1-4-25-21(24)19-13-22-23(14-17-8-6-5-7-9-17)20(19)18-12-15(2)10-11-16(18)3/h5-13H,4,14H2,1-3H3. The molecule has 0 atom stereocenters. The van der Waals surface area contributed by atoms with Gasteiger partial charge in [-0.2, -0.15) is 5.10 Å². The summed E-state index contributed by atoms with van der Waals surface area (Å²) in [5.74, 6) is -0.335. The van der Waals surface area contributed by atoms with Crippen LogP contribution in [0.4, 0.5) is 0 Å². The molecule has 3 rings (SSSR count). The van der Waals surface area contributed by atoms with E-state index in [9.17, 15) is 4.79 Å². The lowest BCUT2D eigenvalue weighted by atomic mass is 10.00. The zero-order chi connectivity index (χ0) is 17.8. The quantitative estimate of drug-likeness (QED) is 0.650. The molecule has 0 saturated carbocycles. The second-order valence-corrected chi connectivity index (χ2v) is 6.09. The lowest BCUT2D eigenvalue weighted by molar-refractivity contribution is 0.0527. The molecule has 0 aliphatic heterocycles. The number of aromatic nitrogens is 2. The number of hydrogen-bond acceptors (Lipinski definition) is 3. The first-order valence-corrected chi connectivity index (χ1v) is 8.44. The molecule has 0 unspecified atom stereocenters. The van der Waals surface area contributed by atoms with E-state index in [1.165, 1.54) is 0 Å². The molecule has 128 valence electrons. The minimum Gasteiger partial charge on any atom is -0.462 e. The Balaban J connectivity index is 2.13. The van der Waals surface area contributed by atoms with Gasteiger partial charge in [0.25, 0.3) is 0 Å². The number of benzene rings is 2. The smallest absolute Gasteiger partial charge is 0.341 e. The van der Waals surface area contributed by atoms with Crippen molar-refractivity contribution >= 4 is 5.97 Å². The molecule has 0 radical (unpaired) electrons. The van der Waals surface area contributed by atoms with Gasteiger partial charge in [0.1, 0.15) is 5.56 Å². The number of carbonyl (C=O) groups excluding carboxylic acids is 1. The molecular formula is C21H22N2O2. The van der Waals surface area contributed by atoms with Gasteiger partial charge < -0.3 is 4.74 Å². The number of esters is 1. The Hall–Kier alpha value is -2.88. The van der Waals surface area contributed by atoms with Crippen LogP contribution in [-0.4, -0.2) is 22.4 Å². The van der Waals surface area contributed by atoms with Crippen molar-refractivity contribution in [3.8, 4) is 11.3 Å². The summed E-state index contributed by atoms with van der Waals surface area (Å²) in [5, 5.41) is 4.48. The van der Waals surface area contributed by atoms with E-state index in [-0.39, 0.29) is 5.97 Å². The molecule has 25 heavy (non-hydrogen) atoms. The molecule has 0 spiro atoms. The summed E-state index contributed by atoms with van der Waals surface area (Å²) in [6.45, 7) is 6.84. The molecule has 4 nitrogen and oxygen atoms in total. The van der Waals surface area contributed by atoms with Crippen molar-refractivity contribution < 1.29 is 9.53 Å². The zero-order valence-electron chi connectivity index (χ0n) is 14.8. The van der Waals surface area contributed by atoms with Gasteiger partial charge >= 0.3 is 5.97 Å². The summed E-state index contributed by atoms with van der Waals surface area (Å²) < 4.78 is 7.11. The van der Waals surface area contributed by atoms with Gasteiger partial charge in [0.05, 0.1) is 25.0 Å². The molecule has 4 heteroatoms. The minimum atomic E-state index is -0.335. The van der Waals surface area contributed by atoms with Crippen LogP contribution in [0.15, 0.2) is 54.7 Å². The van der Waals surface area contributed by atoms with Gasteiger partial charge in [0.2, 0.25) is 0 Å². The highest BCUT2D eigenvalue weighted by molar-refractivity contribution is 5.96. The first-order valence-electron chi connectivity index (χ1n) is 8.44. The first-order chi connectivity index (χ1) is 12.1. The molecule has 0 N–H and O–H groups in total.